The maximum Gasteiger partial charge on any atom is 0.275 e. The minimum Gasteiger partial charge on any atom is -0.380 e. The predicted molar refractivity (Wildman–Crippen MR) is 68.1 cm³/mol. The molecule has 104 valence electrons. The molecule has 1 aliphatic carbocycles. The van der Waals surface area contributed by atoms with Crippen molar-refractivity contribution in [2.75, 3.05) is 11.9 Å². The molecular formula is C13H16F2N2O2. The summed E-state index contributed by atoms with van der Waals surface area (Å²) in [6, 6.07) is 1.47. The highest BCUT2D eigenvalue weighted by Gasteiger charge is 2.18. The minimum atomic E-state index is -0.918. The van der Waals surface area contributed by atoms with Crippen molar-refractivity contribution in [1.29, 1.82) is 0 Å². The maximum absolute atomic E-state index is 13.6. The normalized spacial score (nSPS) is 15.7. The standard InChI is InChI=1S/C13H16F2N2O2/c14-11-7-10(17(18)19)8-12(15)13(11)16-6-5-9-3-1-2-4-9/h7-9,16H,1-6H2. The number of nitro groups is 1. The third-order valence-corrected chi connectivity index (χ3v) is 3.57. The summed E-state index contributed by atoms with van der Waals surface area (Å²) in [7, 11) is 0. The zero-order valence-corrected chi connectivity index (χ0v) is 10.5. The van der Waals surface area contributed by atoms with Crippen LogP contribution >= 0.6 is 0 Å². The average molecular weight is 270 g/mol. The Balaban J connectivity index is 1.97. The van der Waals surface area contributed by atoms with Crippen LogP contribution in [0.5, 0.6) is 0 Å². The maximum atomic E-state index is 13.6. The number of nitrogens with zero attached hydrogens (tertiary/aromatic N) is 1. The lowest BCUT2D eigenvalue weighted by molar-refractivity contribution is -0.385. The van der Waals surface area contributed by atoms with E-state index in [0.717, 1.165) is 18.6 Å². The van der Waals surface area contributed by atoms with Gasteiger partial charge in [0.2, 0.25) is 0 Å². The fraction of sp³-hybridized carbons (Fsp3) is 0.538. The molecule has 0 bridgehead atoms. The van der Waals surface area contributed by atoms with Gasteiger partial charge < -0.3 is 5.32 Å². The third kappa shape index (κ3) is 3.39. The van der Waals surface area contributed by atoms with Gasteiger partial charge in [0.25, 0.3) is 5.69 Å². The SMILES string of the molecule is O=[N+]([O-])c1cc(F)c(NCCC2CCCC2)c(F)c1. The Morgan fingerprint density at radius 2 is 1.84 bits per heavy atom. The highest BCUT2D eigenvalue weighted by molar-refractivity contribution is 5.51. The third-order valence-electron chi connectivity index (χ3n) is 3.57. The lowest BCUT2D eigenvalue weighted by Gasteiger charge is -2.12. The van der Waals surface area contributed by atoms with Crippen molar-refractivity contribution < 1.29 is 13.7 Å². The molecule has 1 fully saturated rings. The van der Waals surface area contributed by atoms with Crippen LogP contribution in [0.3, 0.4) is 0 Å². The second-order valence-electron chi connectivity index (χ2n) is 4.91. The Morgan fingerprint density at radius 3 is 2.37 bits per heavy atom. The number of anilines is 1. The van der Waals surface area contributed by atoms with Crippen molar-refractivity contribution in [3.05, 3.63) is 33.9 Å². The van der Waals surface area contributed by atoms with Crippen molar-refractivity contribution in [2.45, 2.75) is 32.1 Å². The molecule has 1 aliphatic rings. The lowest BCUT2D eigenvalue weighted by atomic mass is 10.0. The van der Waals surface area contributed by atoms with Gasteiger partial charge in [-0.05, 0) is 12.3 Å². The molecular weight excluding hydrogens is 254 g/mol. The second kappa shape index (κ2) is 5.95. The molecule has 0 radical (unpaired) electrons. The smallest absolute Gasteiger partial charge is 0.275 e. The zero-order valence-electron chi connectivity index (χ0n) is 10.5. The molecule has 0 amide bonds. The van der Waals surface area contributed by atoms with Gasteiger partial charge in [0.05, 0.1) is 17.1 Å². The summed E-state index contributed by atoms with van der Waals surface area (Å²) in [5.74, 6) is -1.21. The first-order valence-corrected chi connectivity index (χ1v) is 6.45. The molecule has 0 unspecified atom stereocenters. The first-order chi connectivity index (χ1) is 9.08. The Labute approximate surface area is 110 Å². The topological polar surface area (TPSA) is 55.2 Å². The van der Waals surface area contributed by atoms with Crippen LogP contribution in [0.2, 0.25) is 0 Å². The minimum absolute atomic E-state index is 0.274. The Hall–Kier alpha value is -1.72. The molecule has 4 nitrogen and oxygen atoms in total. The van der Waals surface area contributed by atoms with Crippen molar-refractivity contribution in [2.24, 2.45) is 5.92 Å². The van der Waals surface area contributed by atoms with Crippen LogP contribution in [0.15, 0.2) is 12.1 Å². The lowest BCUT2D eigenvalue weighted by Crippen LogP contribution is -2.09. The number of non-ortho nitro benzene ring substituents is 1. The number of benzene rings is 1. The molecule has 1 saturated carbocycles. The zero-order chi connectivity index (χ0) is 13.8. The Morgan fingerprint density at radius 1 is 1.26 bits per heavy atom. The van der Waals surface area contributed by atoms with Gasteiger partial charge in [-0.15, -0.1) is 0 Å². The number of halogens is 2. The van der Waals surface area contributed by atoms with E-state index in [2.05, 4.69) is 5.32 Å². The van der Waals surface area contributed by atoms with Gasteiger partial charge >= 0.3 is 0 Å². The van der Waals surface area contributed by atoms with Gasteiger partial charge in [0.15, 0.2) is 11.6 Å². The average Bonchev–Trinajstić information content (AvgIpc) is 2.85. The summed E-state index contributed by atoms with van der Waals surface area (Å²) in [5.41, 5.74) is -0.847. The molecule has 0 atom stereocenters. The largest absolute Gasteiger partial charge is 0.380 e. The summed E-state index contributed by atoms with van der Waals surface area (Å²) in [6.45, 7) is 0.482. The van der Waals surface area contributed by atoms with Crippen LogP contribution in [-0.2, 0) is 0 Å². The highest BCUT2D eigenvalue weighted by Crippen LogP contribution is 2.28. The van der Waals surface area contributed by atoms with E-state index in [1.54, 1.807) is 0 Å². The number of hydrogen-bond acceptors (Lipinski definition) is 3. The number of hydrogen-bond donors (Lipinski definition) is 1. The van der Waals surface area contributed by atoms with E-state index in [1.807, 2.05) is 0 Å². The quantitative estimate of drug-likeness (QED) is 0.652. The van der Waals surface area contributed by atoms with E-state index in [-0.39, 0.29) is 5.69 Å². The summed E-state index contributed by atoms with van der Waals surface area (Å²) in [6.07, 6.45) is 5.67. The fourth-order valence-corrected chi connectivity index (χ4v) is 2.53. The summed E-state index contributed by atoms with van der Waals surface area (Å²) >= 11 is 0. The van der Waals surface area contributed by atoms with Gasteiger partial charge in [0.1, 0.15) is 5.69 Å². The van der Waals surface area contributed by atoms with E-state index in [1.165, 1.54) is 25.7 Å². The molecule has 0 aliphatic heterocycles. The van der Waals surface area contributed by atoms with Crippen LogP contribution in [0, 0.1) is 27.7 Å². The van der Waals surface area contributed by atoms with Gasteiger partial charge in [-0.25, -0.2) is 8.78 Å². The molecule has 0 saturated heterocycles. The number of rotatable bonds is 5. The van der Waals surface area contributed by atoms with Crippen LogP contribution in [0.4, 0.5) is 20.2 Å². The summed E-state index contributed by atoms with van der Waals surface area (Å²) in [5, 5.41) is 13.2. The fourth-order valence-electron chi connectivity index (χ4n) is 2.53. The van der Waals surface area contributed by atoms with Gasteiger partial charge in [0, 0.05) is 6.54 Å². The summed E-state index contributed by atoms with van der Waals surface area (Å²) in [4.78, 5) is 9.65. The number of nitrogens with one attached hydrogen (secondary N) is 1. The van der Waals surface area contributed by atoms with Gasteiger partial charge in [-0.1, -0.05) is 25.7 Å². The van der Waals surface area contributed by atoms with Crippen molar-refractivity contribution in [3.8, 4) is 0 Å². The first kappa shape index (κ1) is 13.7. The molecule has 1 N–H and O–H groups in total. The van der Waals surface area contributed by atoms with Crippen LogP contribution in [-0.4, -0.2) is 11.5 Å². The van der Waals surface area contributed by atoms with E-state index in [4.69, 9.17) is 0 Å². The first-order valence-electron chi connectivity index (χ1n) is 6.45. The molecule has 0 heterocycles. The van der Waals surface area contributed by atoms with Crippen LogP contribution in [0.1, 0.15) is 32.1 Å². The molecule has 0 spiro atoms. The molecule has 19 heavy (non-hydrogen) atoms. The Kier molecular flexibility index (Phi) is 4.29. The molecule has 1 aromatic rings. The van der Waals surface area contributed by atoms with E-state index >= 15 is 0 Å². The second-order valence-corrected chi connectivity index (χ2v) is 4.91. The van der Waals surface area contributed by atoms with Gasteiger partial charge in [-0.2, -0.15) is 0 Å². The Bertz CT molecular complexity index is 451. The molecule has 1 aromatic carbocycles. The summed E-state index contributed by atoms with van der Waals surface area (Å²) < 4.78 is 27.1. The van der Waals surface area contributed by atoms with E-state index in [9.17, 15) is 18.9 Å². The van der Waals surface area contributed by atoms with Crippen molar-refractivity contribution >= 4 is 11.4 Å². The molecule has 6 heteroatoms. The van der Waals surface area contributed by atoms with Crippen LogP contribution in [0.25, 0.3) is 0 Å². The highest BCUT2D eigenvalue weighted by atomic mass is 19.1. The molecule has 2 rings (SSSR count). The number of nitro benzene ring substituents is 1. The van der Waals surface area contributed by atoms with Crippen molar-refractivity contribution in [3.63, 3.8) is 0 Å². The van der Waals surface area contributed by atoms with Crippen LogP contribution < -0.4 is 5.32 Å². The predicted octanol–water partition coefficient (Wildman–Crippen LogP) is 3.87. The van der Waals surface area contributed by atoms with Crippen molar-refractivity contribution in [1.82, 2.24) is 0 Å². The van der Waals surface area contributed by atoms with Gasteiger partial charge in [-0.3, -0.25) is 10.1 Å². The van der Waals surface area contributed by atoms with E-state index in [0.29, 0.717) is 12.5 Å². The molecule has 0 aromatic heterocycles. The monoisotopic (exact) mass is 270 g/mol. The van der Waals surface area contributed by atoms with E-state index < -0.39 is 22.2 Å².